The summed E-state index contributed by atoms with van der Waals surface area (Å²) >= 11 is 5.94. The highest BCUT2D eigenvalue weighted by atomic mass is 35.5. The molecule has 1 aromatic heterocycles. The van der Waals surface area contributed by atoms with Gasteiger partial charge in [0.1, 0.15) is 18.9 Å². The number of halogens is 1. The lowest BCUT2D eigenvalue weighted by molar-refractivity contribution is 0.0844. The van der Waals surface area contributed by atoms with Gasteiger partial charge in [0.2, 0.25) is 0 Å². The summed E-state index contributed by atoms with van der Waals surface area (Å²) < 4.78 is 10.9. The Labute approximate surface area is 153 Å². The van der Waals surface area contributed by atoms with Crippen LogP contribution in [0.4, 0.5) is 0 Å². The lowest BCUT2D eigenvalue weighted by Gasteiger charge is -2.18. The zero-order valence-corrected chi connectivity index (χ0v) is 14.2. The Bertz CT molecular complexity index is 1010. The number of ether oxygens (including phenoxy) is 2. The summed E-state index contributed by atoms with van der Waals surface area (Å²) in [5, 5.41) is 1.39. The van der Waals surface area contributed by atoms with Crippen LogP contribution in [-0.2, 0) is 0 Å². The van der Waals surface area contributed by atoms with E-state index in [9.17, 15) is 9.59 Å². The number of benzene rings is 2. The largest absolute Gasteiger partial charge is 0.486 e. The first kappa shape index (κ1) is 16.3. The van der Waals surface area contributed by atoms with E-state index in [-0.39, 0.29) is 0 Å². The number of carbonyl (C=O) groups is 2. The van der Waals surface area contributed by atoms with E-state index in [2.05, 4.69) is 15.8 Å². The number of aromatic amines is 1. The van der Waals surface area contributed by atoms with Crippen molar-refractivity contribution in [1.82, 2.24) is 15.8 Å². The topological polar surface area (TPSA) is 92.5 Å². The van der Waals surface area contributed by atoms with Crippen LogP contribution in [0.15, 0.2) is 42.5 Å². The van der Waals surface area contributed by atoms with E-state index in [1.54, 1.807) is 42.5 Å². The molecule has 7 nitrogen and oxygen atoms in total. The molecule has 0 spiro atoms. The Morgan fingerprint density at radius 3 is 2.54 bits per heavy atom. The third-order valence-electron chi connectivity index (χ3n) is 3.92. The normalized spacial score (nSPS) is 12.7. The van der Waals surface area contributed by atoms with E-state index in [0.717, 1.165) is 10.9 Å². The second-order valence-electron chi connectivity index (χ2n) is 5.68. The monoisotopic (exact) mass is 371 g/mol. The average Bonchev–Trinajstić information content (AvgIpc) is 3.08. The molecule has 0 fully saturated rings. The van der Waals surface area contributed by atoms with E-state index in [4.69, 9.17) is 21.1 Å². The van der Waals surface area contributed by atoms with E-state index < -0.39 is 11.8 Å². The van der Waals surface area contributed by atoms with Crippen molar-refractivity contribution >= 4 is 34.3 Å². The molecule has 0 aliphatic carbocycles. The van der Waals surface area contributed by atoms with Crippen molar-refractivity contribution in [2.75, 3.05) is 13.2 Å². The van der Waals surface area contributed by atoms with Crippen LogP contribution in [-0.4, -0.2) is 30.0 Å². The quantitative estimate of drug-likeness (QED) is 0.604. The molecule has 2 heterocycles. The van der Waals surface area contributed by atoms with E-state index >= 15 is 0 Å². The van der Waals surface area contributed by atoms with Crippen LogP contribution < -0.4 is 20.3 Å². The Morgan fingerprint density at radius 2 is 1.69 bits per heavy atom. The molecule has 0 saturated heterocycles. The fourth-order valence-corrected chi connectivity index (χ4v) is 2.84. The molecule has 8 heteroatoms. The number of amides is 2. The number of hydrogen-bond acceptors (Lipinski definition) is 4. The molecule has 0 unspecified atom stereocenters. The van der Waals surface area contributed by atoms with Crippen molar-refractivity contribution in [3.05, 3.63) is 58.7 Å². The minimum Gasteiger partial charge on any atom is -0.486 e. The first-order valence-electron chi connectivity index (χ1n) is 7.89. The number of carbonyl (C=O) groups excluding carboxylic acids is 2. The molecule has 2 aromatic carbocycles. The highest BCUT2D eigenvalue weighted by molar-refractivity contribution is 6.31. The molecule has 1 aliphatic rings. The maximum atomic E-state index is 12.2. The third-order valence-corrected chi connectivity index (χ3v) is 4.16. The van der Waals surface area contributed by atoms with Gasteiger partial charge in [0.05, 0.1) is 0 Å². The van der Waals surface area contributed by atoms with Gasteiger partial charge in [-0.15, -0.1) is 0 Å². The lowest BCUT2D eigenvalue weighted by Crippen LogP contribution is -2.41. The number of aromatic nitrogens is 1. The van der Waals surface area contributed by atoms with Crippen LogP contribution in [0.1, 0.15) is 20.8 Å². The second kappa shape index (κ2) is 6.61. The number of fused-ring (bicyclic) bond motifs is 2. The number of hydrogen-bond donors (Lipinski definition) is 3. The van der Waals surface area contributed by atoms with Crippen LogP contribution in [0.5, 0.6) is 11.5 Å². The molecule has 0 atom stereocenters. The van der Waals surface area contributed by atoms with Gasteiger partial charge < -0.3 is 14.5 Å². The maximum absolute atomic E-state index is 12.2. The van der Waals surface area contributed by atoms with Gasteiger partial charge in [0, 0.05) is 21.5 Å². The third kappa shape index (κ3) is 3.16. The first-order chi connectivity index (χ1) is 12.6. The van der Waals surface area contributed by atoms with Gasteiger partial charge in [-0.3, -0.25) is 20.4 Å². The zero-order valence-electron chi connectivity index (χ0n) is 13.5. The van der Waals surface area contributed by atoms with Crippen LogP contribution in [0.2, 0.25) is 5.02 Å². The van der Waals surface area contributed by atoms with Crippen LogP contribution in [0, 0.1) is 0 Å². The van der Waals surface area contributed by atoms with E-state index in [1.807, 2.05) is 0 Å². The van der Waals surface area contributed by atoms with Crippen LogP contribution in [0.25, 0.3) is 10.9 Å². The fourth-order valence-electron chi connectivity index (χ4n) is 2.66. The Hall–Kier alpha value is -3.19. The number of nitrogens with one attached hydrogen (secondary N) is 3. The molecule has 3 N–H and O–H groups in total. The zero-order chi connectivity index (χ0) is 18.1. The molecule has 0 bridgehead atoms. The molecule has 4 rings (SSSR count). The molecular formula is C18H14ClN3O4. The minimum absolute atomic E-state index is 0.310. The van der Waals surface area contributed by atoms with Crippen LogP contribution >= 0.6 is 11.6 Å². The molecule has 2 amide bonds. The van der Waals surface area contributed by atoms with Gasteiger partial charge >= 0.3 is 0 Å². The Kier molecular flexibility index (Phi) is 4.14. The summed E-state index contributed by atoms with van der Waals surface area (Å²) in [5.74, 6) is 0.161. The standard InChI is InChI=1S/C18H14ClN3O4/c19-12-2-3-13-11(7-12)8-14(20-13)18(24)22-21-17(23)10-1-4-15-16(9-10)26-6-5-25-15/h1-4,7-9,20H,5-6H2,(H,21,23)(H,22,24). The molecule has 0 saturated carbocycles. The van der Waals surface area contributed by atoms with Gasteiger partial charge in [0.15, 0.2) is 11.5 Å². The predicted molar refractivity (Wildman–Crippen MR) is 95.7 cm³/mol. The second-order valence-corrected chi connectivity index (χ2v) is 6.12. The highest BCUT2D eigenvalue weighted by Crippen LogP contribution is 2.30. The van der Waals surface area contributed by atoms with Crippen molar-refractivity contribution in [2.24, 2.45) is 0 Å². The average molecular weight is 372 g/mol. The van der Waals surface area contributed by atoms with Gasteiger partial charge in [-0.05, 0) is 42.5 Å². The minimum atomic E-state index is -0.469. The van der Waals surface area contributed by atoms with Gasteiger partial charge in [-0.1, -0.05) is 11.6 Å². The van der Waals surface area contributed by atoms with Crippen molar-refractivity contribution in [2.45, 2.75) is 0 Å². The highest BCUT2D eigenvalue weighted by Gasteiger charge is 2.16. The molecule has 3 aromatic rings. The molecular weight excluding hydrogens is 358 g/mol. The summed E-state index contributed by atoms with van der Waals surface area (Å²) in [6.45, 7) is 0.906. The predicted octanol–water partition coefficient (Wildman–Crippen LogP) is 2.67. The molecule has 1 aliphatic heterocycles. The van der Waals surface area contributed by atoms with Crippen molar-refractivity contribution in [3.8, 4) is 11.5 Å². The van der Waals surface area contributed by atoms with Crippen LogP contribution in [0.3, 0.4) is 0 Å². The van der Waals surface area contributed by atoms with Gasteiger partial charge in [-0.2, -0.15) is 0 Å². The maximum Gasteiger partial charge on any atom is 0.286 e. The molecule has 26 heavy (non-hydrogen) atoms. The summed E-state index contributed by atoms with van der Waals surface area (Å²) in [4.78, 5) is 27.4. The number of rotatable bonds is 2. The van der Waals surface area contributed by atoms with Crippen molar-refractivity contribution < 1.29 is 19.1 Å². The van der Waals surface area contributed by atoms with Gasteiger partial charge in [0.25, 0.3) is 11.8 Å². The number of H-pyrrole nitrogens is 1. The van der Waals surface area contributed by atoms with Gasteiger partial charge in [-0.25, -0.2) is 0 Å². The SMILES string of the molecule is O=C(NNC(=O)c1cc2cc(Cl)ccc2[nH]1)c1ccc2c(c1)OCCO2. The lowest BCUT2D eigenvalue weighted by atomic mass is 10.2. The number of hydrazine groups is 1. The molecule has 132 valence electrons. The summed E-state index contributed by atoms with van der Waals surface area (Å²) in [5.41, 5.74) is 6.19. The van der Waals surface area contributed by atoms with Crippen molar-refractivity contribution in [1.29, 1.82) is 0 Å². The summed E-state index contributed by atoms with van der Waals surface area (Å²) in [6, 6.07) is 11.7. The first-order valence-corrected chi connectivity index (χ1v) is 8.26. The summed E-state index contributed by atoms with van der Waals surface area (Å²) in [7, 11) is 0. The molecule has 0 radical (unpaired) electrons. The fraction of sp³-hybridized carbons (Fsp3) is 0.111. The summed E-state index contributed by atoms with van der Waals surface area (Å²) in [6.07, 6.45) is 0. The van der Waals surface area contributed by atoms with E-state index in [1.165, 1.54) is 0 Å². The Balaban J connectivity index is 1.44. The van der Waals surface area contributed by atoms with Crippen molar-refractivity contribution in [3.63, 3.8) is 0 Å². The Morgan fingerprint density at radius 1 is 0.923 bits per heavy atom. The smallest absolute Gasteiger partial charge is 0.286 e. The van der Waals surface area contributed by atoms with E-state index in [0.29, 0.717) is 41.0 Å².